The molecule has 0 radical (unpaired) electrons. The molecule has 0 aromatic heterocycles. The third-order valence-corrected chi connectivity index (χ3v) is 5.35. The monoisotopic (exact) mass is 346 g/mol. The average Bonchev–Trinajstić information content (AvgIpc) is 3.34. The van der Waals surface area contributed by atoms with Gasteiger partial charge in [-0.25, -0.2) is 0 Å². The van der Waals surface area contributed by atoms with Gasteiger partial charge in [0.2, 0.25) is 5.91 Å². The fourth-order valence-corrected chi connectivity index (χ4v) is 3.84. The van der Waals surface area contributed by atoms with Crippen molar-refractivity contribution >= 4 is 5.91 Å². The van der Waals surface area contributed by atoms with Crippen LogP contribution in [-0.2, 0) is 20.8 Å². The van der Waals surface area contributed by atoms with E-state index in [2.05, 4.69) is 46.6 Å². The summed E-state index contributed by atoms with van der Waals surface area (Å²) < 4.78 is 5.41. The SMILES string of the molecule is CCC1NC(c2ccc3c(c2)CC[C@H]3NC(=O)[C@@H]2NCOC2C)NO1. The van der Waals surface area contributed by atoms with Crippen LogP contribution in [0.4, 0.5) is 0 Å². The first-order chi connectivity index (χ1) is 12.2. The Hall–Kier alpha value is -1.51. The van der Waals surface area contributed by atoms with Crippen molar-refractivity contribution in [2.75, 3.05) is 6.73 Å². The van der Waals surface area contributed by atoms with Gasteiger partial charge in [0.1, 0.15) is 18.4 Å². The highest BCUT2D eigenvalue weighted by Crippen LogP contribution is 2.33. The summed E-state index contributed by atoms with van der Waals surface area (Å²) in [6, 6.07) is 6.27. The molecule has 1 aromatic rings. The minimum absolute atomic E-state index is 0.0181. The molecule has 3 aliphatic rings. The van der Waals surface area contributed by atoms with E-state index in [4.69, 9.17) is 9.57 Å². The number of nitrogens with one attached hydrogen (secondary N) is 4. The molecule has 0 bridgehead atoms. The molecule has 0 saturated carbocycles. The molecule has 7 heteroatoms. The van der Waals surface area contributed by atoms with Crippen molar-refractivity contribution in [2.45, 2.75) is 63.7 Å². The number of aryl methyl sites for hydroxylation is 1. The van der Waals surface area contributed by atoms with Gasteiger partial charge in [-0.3, -0.25) is 20.3 Å². The lowest BCUT2D eigenvalue weighted by Gasteiger charge is -2.19. The Morgan fingerprint density at radius 3 is 3.00 bits per heavy atom. The molecule has 2 heterocycles. The summed E-state index contributed by atoms with van der Waals surface area (Å²) in [4.78, 5) is 18.0. The number of benzene rings is 1. The molecule has 2 fully saturated rings. The van der Waals surface area contributed by atoms with Crippen LogP contribution in [0, 0.1) is 0 Å². The van der Waals surface area contributed by atoms with Gasteiger partial charge in [-0.1, -0.05) is 25.1 Å². The van der Waals surface area contributed by atoms with Gasteiger partial charge in [0.25, 0.3) is 0 Å². The first-order valence-electron chi connectivity index (χ1n) is 9.11. The summed E-state index contributed by atoms with van der Waals surface area (Å²) in [5.41, 5.74) is 6.73. The normalized spacial score (nSPS) is 34.2. The average molecular weight is 346 g/mol. The molecular weight excluding hydrogens is 320 g/mol. The molecule has 2 saturated heterocycles. The molecule has 1 amide bonds. The van der Waals surface area contributed by atoms with Crippen LogP contribution in [0.15, 0.2) is 18.2 Å². The molecule has 4 rings (SSSR count). The number of fused-ring (bicyclic) bond motifs is 1. The van der Waals surface area contributed by atoms with E-state index >= 15 is 0 Å². The quantitative estimate of drug-likeness (QED) is 0.651. The van der Waals surface area contributed by atoms with Crippen molar-refractivity contribution in [3.05, 3.63) is 34.9 Å². The number of ether oxygens (including phenoxy) is 1. The van der Waals surface area contributed by atoms with Crippen LogP contribution in [-0.4, -0.2) is 31.0 Å². The minimum Gasteiger partial charge on any atom is -0.361 e. The van der Waals surface area contributed by atoms with E-state index < -0.39 is 0 Å². The highest BCUT2D eigenvalue weighted by Gasteiger charge is 2.33. The van der Waals surface area contributed by atoms with E-state index in [0.717, 1.165) is 19.3 Å². The van der Waals surface area contributed by atoms with Crippen molar-refractivity contribution < 1.29 is 14.4 Å². The molecule has 4 N–H and O–H groups in total. The van der Waals surface area contributed by atoms with Crippen LogP contribution in [0.1, 0.15) is 55.6 Å². The Kier molecular flexibility index (Phi) is 4.75. The molecule has 1 aromatic carbocycles. The van der Waals surface area contributed by atoms with Gasteiger partial charge in [-0.15, -0.1) is 0 Å². The first kappa shape index (κ1) is 16.9. The van der Waals surface area contributed by atoms with Crippen molar-refractivity contribution in [1.29, 1.82) is 0 Å². The Morgan fingerprint density at radius 1 is 1.40 bits per heavy atom. The van der Waals surface area contributed by atoms with E-state index in [9.17, 15) is 4.79 Å². The summed E-state index contributed by atoms with van der Waals surface area (Å²) in [5.74, 6) is 0.0187. The summed E-state index contributed by atoms with van der Waals surface area (Å²) in [6.07, 6.45) is 2.81. The highest BCUT2D eigenvalue weighted by molar-refractivity contribution is 5.83. The van der Waals surface area contributed by atoms with Gasteiger partial charge in [-0.05, 0) is 42.9 Å². The van der Waals surface area contributed by atoms with Gasteiger partial charge in [0.05, 0.1) is 18.9 Å². The maximum Gasteiger partial charge on any atom is 0.240 e. The minimum atomic E-state index is -0.265. The zero-order valence-electron chi connectivity index (χ0n) is 14.7. The summed E-state index contributed by atoms with van der Waals surface area (Å²) in [6.45, 7) is 4.45. The molecular formula is C18H26N4O3. The van der Waals surface area contributed by atoms with E-state index in [-0.39, 0.29) is 36.5 Å². The second-order valence-electron chi connectivity index (χ2n) is 6.99. The standard InChI is InChI=1S/C18H26N4O3/c1-3-15-21-17(22-25-15)12-4-6-13-11(8-12)5-7-14(13)20-18(23)16-10(2)24-9-19-16/h4,6,8,10,14-17,19,21-22H,3,5,7,9H2,1-2H3,(H,20,23)/t10?,14-,15?,16-,17?/m1/s1. The molecule has 25 heavy (non-hydrogen) atoms. The third-order valence-electron chi connectivity index (χ3n) is 5.35. The molecule has 7 nitrogen and oxygen atoms in total. The lowest BCUT2D eigenvalue weighted by Crippen LogP contribution is -2.46. The summed E-state index contributed by atoms with van der Waals surface area (Å²) in [7, 11) is 0. The van der Waals surface area contributed by atoms with Gasteiger partial charge < -0.3 is 10.1 Å². The molecule has 2 aliphatic heterocycles. The number of hydroxylamine groups is 1. The zero-order valence-corrected chi connectivity index (χ0v) is 14.7. The molecule has 5 atom stereocenters. The predicted octanol–water partition coefficient (Wildman–Crippen LogP) is 0.984. The Labute approximate surface area is 147 Å². The van der Waals surface area contributed by atoms with E-state index in [1.165, 1.54) is 16.7 Å². The lowest BCUT2D eigenvalue weighted by atomic mass is 10.0. The third kappa shape index (κ3) is 3.30. The molecule has 136 valence electrons. The van der Waals surface area contributed by atoms with E-state index in [1.54, 1.807) is 0 Å². The number of hydrogen-bond donors (Lipinski definition) is 4. The maximum absolute atomic E-state index is 12.5. The Bertz CT molecular complexity index is 653. The van der Waals surface area contributed by atoms with Crippen LogP contribution < -0.4 is 21.4 Å². The summed E-state index contributed by atoms with van der Waals surface area (Å²) in [5, 5.41) is 9.68. The number of hydrogen-bond acceptors (Lipinski definition) is 6. The van der Waals surface area contributed by atoms with Gasteiger partial charge in [-0.2, -0.15) is 5.48 Å². The second-order valence-corrected chi connectivity index (χ2v) is 6.99. The predicted molar refractivity (Wildman–Crippen MR) is 92.2 cm³/mol. The number of carbonyl (C=O) groups is 1. The largest absolute Gasteiger partial charge is 0.361 e. The fourth-order valence-electron chi connectivity index (χ4n) is 3.84. The van der Waals surface area contributed by atoms with E-state index in [0.29, 0.717) is 6.73 Å². The molecule has 3 unspecified atom stereocenters. The van der Waals surface area contributed by atoms with E-state index in [1.807, 2.05) is 6.92 Å². The molecule has 0 spiro atoms. The van der Waals surface area contributed by atoms with Gasteiger partial charge in [0.15, 0.2) is 0 Å². The number of carbonyl (C=O) groups excluding carboxylic acids is 1. The Balaban J connectivity index is 1.43. The number of rotatable bonds is 4. The first-order valence-corrected chi connectivity index (χ1v) is 9.11. The maximum atomic E-state index is 12.5. The fraction of sp³-hybridized carbons (Fsp3) is 0.611. The van der Waals surface area contributed by atoms with Crippen LogP contribution in [0.2, 0.25) is 0 Å². The Morgan fingerprint density at radius 2 is 2.28 bits per heavy atom. The summed E-state index contributed by atoms with van der Waals surface area (Å²) >= 11 is 0. The highest BCUT2D eigenvalue weighted by atomic mass is 16.7. The molecule has 1 aliphatic carbocycles. The topological polar surface area (TPSA) is 83.7 Å². The van der Waals surface area contributed by atoms with Gasteiger partial charge >= 0.3 is 0 Å². The van der Waals surface area contributed by atoms with Crippen molar-refractivity contribution in [3.8, 4) is 0 Å². The van der Waals surface area contributed by atoms with Crippen LogP contribution in [0.3, 0.4) is 0 Å². The smallest absolute Gasteiger partial charge is 0.240 e. The lowest BCUT2D eigenvalue weighted by molar-refractivity contribution is -0.124. The van der Waals surface area contributed by atoms with Crippen molar-refractivity contribution in [3.63, 3.8) is 0 Å². The van der Waals surface area contributed by atoms with Crippen LogP contribution in [0.5, 0.6) is 0 Å². The van der Waals surface area contributed by atoms with Crippen molar-refractivity contribution in [1.82, 2.24) is 21.4 Å². The number of amides is 1. The zero-order chi connectivity index (χ0) is 17.4. The van der Waals surface area contributed by atoms with Crippen molar-refractivity contribution in [2.24, 2.45) is 0 Å². The van der Waals surface area contributed by atoms with Crippen LogP contribution >= 0.6 is 0 Å². The van der Waals surface area contributed by atoms with Crippen LogP contribution in [0.25, 0.3) is 0 Å². The second kappa shape index (κ2) is 7.01. The van der Waals surface area contributed by atoms with Gasteiger partial charge in [0, 0.05) is 0 Å².